The van der Waals surface area contributed by atoms with Crippen LogP contribution >= 0.6 is 22.9 Å². The van der Waals surface area contributed by atoms with Crippen LogP contribution in [-0.4, -0.2) is 39.9 Å². The third-order valence-corrected chi connectivity index (χ3v) is 6.30. The molecule has 0 unspecified atom stereocenters. The molecule has 11 nitrogen and oxygen atoms in total. The Bertz CT molecular complexity index is 1510. The standard InChI is InChI=1S/C22H16ClN3O8S/c1-9(24-33-11(3)27)19(29)13-5-15-16-6-14(20(30)10(2)25-34-12(4)28)8-18(26(31)32)22(16)35-21(15)17(23)7-13/h5-8H,1-4H3/b24-9+,25-10+. The van der Waals surface area contributed by atoms with E-state index in [0.29, 0.717) is 15.5 Å². The molecular weight excluding hydrogens is 502 g/mol. The van der Waals surface area contributed by atoms with E-state index in [1.54, 1.807) is 0 Å². The molecule has 1 aromatic heterocycles. The highest BCUT2D eigenvalue weighted by Gasteiger charge is 2.24. The molecule has 0 spiro atoms. The van der Waals surface area contributed by atoms with Gasteiger partial charge in [-0.3, -0.25) is 19.7 Å². The number of hydrogen-bond acceptors (Lipinski definition) is 11. The Balaban J connectivity index is 2.23. The van der Waals surface area contributed by atoms with Crippen molar-refractivity contribution in [2.45, 2.75) is 27.7 Å². The Morgan fingerprint density at radius 1 is 0.829 bits per heavy atom. The third kappa shape index (κ3) is 5.39. The summed E-state index contributed by atoms with van der Waals surface area (Å²) in [5.41, 5.74) is -0.627. The SMILES string of the molecule is CC(=O)O/N=C(\C)C(=O)c1cc(Cl)c2sc3c([N+](=O)[O-])cc(C(=O)/C(C)=N/OC(C)=O)cc3c2c1. The number of hydrogen-bond donors (Lipinski definition) is 0. The lowest BCUT2D eigenvalue weighted by Gasteiger charge is -2.04. The number of benzene rings is 2. The van der Waals surface area contributed by atoms with Crippen molar-refractivity contribution in [3.8, 4) is 0 Å². The van der Waals surface area contributed by atoms with Crippen LogP contribution in [0.2, 0.25) is 5.02 Å². The van der Waals surface area contributed by atoms with Gasteiger partial charge in [-0.1, -0.05) is 21.9 Å². The zero-order chi connectivity index (χ0) is 26.0. The van der Waals surface area contributed by atoms with E-state index in [2.05, 4.69) is 20.0 Å². The van der Waals surface area contributed by atoms with Crippen LogP contribution in [0.4, 0.5) is 5.69 Å². The van der Waals surface area contributed by atoms with E-state index in [1.807, 2.05) is 0 Å². The number of Topliss-reactive ketones (excluding diaryl/α,β-unsaturated/α-hetero) is 2. The molecule has 0 amide bonds. The molecule has 0 aliphatic heterocycles. The molecule has 0 aliphatic rings. The molecular formula is C22H16ClN3O8S. The van der Waals surface area contributed by atoms with Gasteiger partial charge in [0.1, 0.15) is 16.1 Å². The lowest BCUT2D eigenvalue weighted by Crippen LogP contribution is -2.12. The van der Waals surface area contributed by atoms with Crippen LogP contribution in [0, 0.1) is 10.1 Å². The lowest BCUT2D eigenvalue weighted by atomic mass is 10.0. The normalized spacial score (nSPS) is 12.0. The maximum atomic E-state index is 12.8. The monoisotopic (exact) mass is 517 g/mol. The number of halogens is 1. The molecule has 13 heteroatoms. The van der Waals surface area contributed by atoms with Crippen molar-refractivity contribution in [3.63, 3.8) is 0 Å². The molecule has 3 aromatic rings. The summed E-state index contributed by atoms with van der Waals surface area (Å²) in [6, 6.07) is 5.36. The fourth-order valence-corrected chi connectivity index (χ4v) is 4.58. The fraction of sp³-hybridized carbons (Fsp3) is 0.182. The molecule has 0 radical (unpaired) electrons. The topological polar surface area (TPSA) is 155 Å². The largest absolute Gasteiger partial charge is 0.331 e. The molecule has 0 fully saturated rings. The first-order chi connectivity index (χ1) is 16.4. The van der Waals surface area contributed by atoms with Gasteiger partial charge in [-0.25, -0.2) is 9.59 Å². The quantitative estimate of drug-likeness (QED) is 0.141. The van der Waals surface area contributed by atoms with E-state index in [0.717, 1.165) is 31.3 Å². The lowest BCUT2D eigenvalue weighted by molar-refractivity contribution is -0.382. The molecule has 35 heavy (non-hydrogen) atoms. The van der Waals surface area contributed by atoms with E-state index in [-0.39, 0.29) is 38.0 Å². The number of carbonyl (C=O) groups excluding carboxylic acids is 4. The zero-order valence-corrected chi connectivity index (χ0v) is 20.3. The molecule has 0 N–H and O–H groups in total. The van der Waals surface area contributed by atoms with Crippen LogP contribution in [0.25, 0.3) is 20.2 Å². The van der Waals surface area contributed by atoms with Crippen molar-refractivity contribution in [2.75, 3.05) is 0 Å². The summed E-state index contributed by atoms with van der Waals surface area (Å²) in [4.78, 5) is 67.7. The van der Waals surface area contributed by atoms with Gasteiger partial charge in [0.2, 0.25) is 11.6 Å². The van der Waals surface area contributed by atoms with E-state index in [1.165, 1.54) is 32.0 Å². The van der Waals surface area contributed by atoms with Crippen molar-refractivity contribution >= 4 is 83.7 Å². The Kier molecular flexibility index (Phi) is 7.37. The molecule has 0 atom stereocenters. The van der Waals surface area contributed by atoms with Crippen LogP contribution in [0.5, 0.6) is 0 Å². The van der Waals surface area contributed by atoms with Crippen LogP contribution in [0.1, 0.15) is 48.4 Å². The van der Waals surface area contributed by atoms with Crippen molar-refractivity contribution in [1.29, 1.82) is 0 Å². The Hall–Kier alpha value is -4.03. The van der Waals surface area contributed by atoms with Crippen LogP contribution in [-0.2, 0) is 19.3 Å². The highest BCUT2D eigenvalue weighted by atomic mass is 35.5. The maximum Gasteiger partial charge on any atom is 0.331 e. The van der Waals surface area contributed by atoms with Gasteiger partial charge in [-0.15, -0.1) is 11.3 Å². The van der Waals surface area contributed by atoms with Crippen LogP contribution in [0.15, 0.2) is 34.6 Å². The number of nitrogens with zero attached hydrogens (tertiary/aromatic N) is 3. The van der Waals surface area contributed by atoms with Crippen LogP contribution < -0.4 is 0 Å². The first-order valence-electron chi connectivity index (χ1n) is 9.78. The number of oxime groups is 2. The molecule has 3 rings (SSSR count). The van der Waals surface area contributed by atoms with Crippen LogP contribution in [0.3, 0.4) is 0 Å². The van der Waals surface area contributed by atoms with Gasteiger partial charge in [0.05, 0.1) is 14.6 Å². The van der Waals surface area contributed by atoms with E-state index in [4.69, 9.17) is 11.6 Å². The van der Waals surface area contributed by atoms with Gasteiger partial charge in [0.25, 0.3) is 5.69 Å². The third-order valence-electron chi connectivity index (χ3n) is 4.61. The highest BCUT2D eigenvalue weighted by Crippen LogP contribution is 2.43. The second-order valence-corrected chi connectivity index (χ2v) is 8.67. The predicted octanol–water partition coefficient (Wildman–Crippen LogP) is 4.86. The number of fused-ring (bicyclic) bond motifs is 3. The predicted molar refractivity (Wildman–Crippen MR) is 129 cm³/mol. The zero-order valence-electron chi connectivity index (χ0n) is 18.7. The average molecular weight is 518 g/mol. The first-order valence-corrected chi connectivity index (χ1v) is 11.0. The highest BCUT2D eigenvalue weighted by molar-refractivity contribution is 7.27. The second-order valence-electron chi connectivity index (χ2n) is 7.24. The average Bonchev–Trinajstić information content (AvgIpc) is 3.18. The first kappa shape index (κ1) is 25.6. The molecule has 0 bridgehead atoms. The number of nitro groups is 1. The van der Waals surface area contributed by atoms with Crippen molar-refractivity contribution < 1.29 is 33.8 Å². The summed E-state index contributed by atoms with van der Waals surface area (Å²) in [5.74, 6) is -2.72. The number of non-ortho nitro benzene ring substituents is 1. The van der Waals surface area contributed by atoms with Gasteiger partial charge in [0.15, 0.2) is 0 Å². The van der Waals surface area contributed by atoms with Gasteiger partial charge >= 0.3 is 11.9 Å². The minimum Gasteiger partial charge on any atom is -0.318 e. The maximum absolute atomic E-state index is 12.8. The minimum absolute atomic E-state index is 0.0715. The summed E-state index contributed by atoms with van der Waals surface area (Å²) in [6.45, 7) is 4.89. The number of nitro benzene ring substituents is 1. The number of thiophene rings is 1. The number of carbonyl (C=O) groups is 4. The van der Waals surface area contributed by atoms with Gasteiger partial charge in [-0.2, -0.15) is 0 Å². The summed E-state index contributed by atoms with van der Waals surface area (Å²) < 4.78 is 0.707. The second kappa shape index (κ2) is 10.1. The number of rotatable bonds is 7. The summed E-state index contributed by atoms with van der Waals surface area (Å²) in [7, 11) is 0. The van der Waals surface area contributed by atoms with E-state index in [9.17, 15) is 29.3 Å². The summed E-state index contributed by atoms with van der Waals surface area (Å²) in [5, 5.41) is 19.6. The summed E-state index contributed by atoms with van der Waals surface area (Å²) >= 11 is 7.43. The van der Waals surface area contributed by atoms with E-state index < -0.39 is 28.4 Å². The fourth-order valence-electron chi connectivity index (χ4n) is 3.08. The molecule has 1 heterocycles. The molecule has 0 aliphatic carbocycles. The van der Waals surface area contributed by atoms with Crippen molar-refractivity contribution in [1.82, 2.24) is 0 Å². The number of ketones is 2. The van der Waals surface area contributed by atoms with E-state index >= 15 is 0 Å². The smallest absolute Gasteiger partial charge is 0.318 e. The van der Waals surface area contributed by atoms with Gasteiger partial charge < -0.3 is 9.68 Å². The molecule has 180 valence electrons. The van der Waals surface area contributed by atoms with Crippen molar-refractivity contribution in [2.24, 2.45) is 10.3 Å². The van der Waals surface area contributed by atoms with Gasteiger partial charge in [0, 0.05) is 41.8 Å². The summed E-state index contributed by atoms with van der Waals surface area (Å²) in [6.07, 6.45) is 0. The Morgan fingerprint density at radius 2 is 1.29 bits per heavy atom. The van der Waals surface area contributed by atoms with Gasteiger partial charge in [-0.05, 0) is 32.0 Å². The van der Waals surface area contributed by atoms with Crippen molar-refractivity contribution in [3.05, 3.63) is 50.5 Å². The Labute approximate surface area is 206 Å². The minimum atomic E-state index is -0.734. The Morgan fingerprint density at radius 3 is 1.74 bits per heavy atom. The molecule has 0 saturated carbocycles. The molecule has 0 saturated heterocycles. The molecule has 2 aromatic carbocycles.